The molecule has 2 saturated carbocycles. The predicted octanol–water partition coefficient (Wildman–Crippen LogP) is 3.00. The average Bonchev–Trinajstić information content (AvgIpc) is 2.50. The highest BCUT2D eigenvalue weighted by molar-refractivity contribution is 6.08. The summed E-state index contributed by atoms with van der Waals surface area (Å²) < 4.78 is 0. The summed E-state index contributed by atoms with van der Waals surface area (Å²) >= 11 is 0. The van der Waals surface area contributed by atoms with E-state index < -0.39 is 0 Å². The Morgan fingerprint density at radius 3 is 2.44 bits per heavy atom. The molecule has 0 aromatic rings. The highest BCUT2D eigenvalue weighted by atomic mass is 16.2. The molecule has 0 saturated heterocycles. The molecule has 3 unspecified atom stereocenters. The van der Waals surface area contributed by atoms with Crippen molar-refractivity contribution in [2.75, 3.05) is 0 Å². The van der Waals surface area contributed by atoms with E-state index in [1.54, 1.807) is 0 Å². The largest absolute Gasteiger partial charge is 0.299 e. The van der Waals surface area contributed by atoms with Gasteiger partial charge in [0.1, 0.15) is 11.6 Å². The zero-order valence-corrected chi connectivity index (χ0v) is 10.8. The Bertz CT molecular complexity index is 343. The number of hydrogen-bond donors (Lipinski definition) is 0. The fourth-order valence-electron chi connectivity index (χ4n) is 3.86. The van der Waals surface area contributed by atoms with Crippen LogP contribution in [-0.4, -0.2) is 11.6 Å². The topological polar surface area (TPSA) is 34.1 Å². The molecular formula is C14H22O2. The second-order valence-corrected chi connectivity index (χ2v) is 6.26. The second-order valence-electron chi connectivity index (χ2n) is 6.26. The monoisotopic (exact) mass is 222 g/mol. The summed E-state index contributed by atoms with van der Waals surface area (Å²) in [6.45, 7) is 8.40. The van der Waals surface area contributed by atoms with E-state index in [1.165, 1.54) is 0 Å². The third kappa shape index (κ3) is 1.19. The van der Waals surface area contributed by atoms with Crippen molar-refractivity contribution in [3.63, 3.8) is 0 Å². The lowest BCUT2D eigenvalue weighted by Crippen LogP contribution is -2.35. The Morgan fingerprint density at radius 1 is 1.38 bits per heavy atom. The molecule has 0 heterocycles. The van der Waals surface area contributed by atoms with E-state index in [9.17, 15) is 9.59 Å². The molecule has 0 N–H and O–H groups in total. The van der Waals surface area contributed by atoms with Gasteiger partial charge in [-0.1, -0.05) is 27.7 Å². The van der Waals surface area contributed by atoms with Crippen LogP contribution in [0.1, 0.15) is 53.4 Å². The van der Waals surface area contributed by atoms with Gasteiger partial charge in [0.05, 0.1) is 5.92 Å². The van der Waals surface area contributed by atoms with Gasteiger partial charge in [-0.15, -0.1) is 0 Å². The quantitative estimate of drug-likeness (QED) is 0.688. The first-order valence-corrected chi connectivity index (χ1v) is 6.43. The highest BCUT2D eigenvalue weighted by Gasteiger charge is 2.67. The van der Waals surface area contributed by atoms with E-state index >= 15 is 0 Å². The Morgan fingerprint density at radius 2 is 2.00 bits per heavy atom. The molecule has 0 spiro atoms. The summed E-state index contributed by atoms with van der Waals surface area (Å²) in [5, 5.41) is 0. The molecule has 2 nitrogen and oxygen atoms in total. The normalized spacial score (nSPS) is 40.4. The third-order valence-electron chi connectivity index (χ3n) is 5.38. The van der Waals surface area contributed by atoms with Crippen LogP contribution in [0.15, 0.2) is 0 Å². The number of Topliss-reactive ketones (excluding diaryl/α,β-unsaturated/α-hetero) is 2. The Balaban J connectivity index is 2.33. The van der Waals surface area contributed by atoms with Gasteiger partial charge in [-0.05, 0) is 30.6 Å². The van der Waals surface area contributed by atoms with Crippen LogP contribution in [0.2, 0.25) is 0 Å². The third-order valence-corrected chi connectivity index (χ3v) is 5.38. The summed E-state index contributed by atoms with van der Waals surface area (Å²) in [7, 11) is 0. The Kier molecular flexibility index (Phi) is 2.52. The van der Waals surface area contributed by atoms with E-state index in [4.69, 9.17) is 0 Å². The van der Waals surface area contributed by atoms with Gasteiger partial charge in [0.25, 0.3) is 0 Å². The summed E-state index contributed by atoms with van der Waals surface area (Å²) in [4.78, 5) is 24.5. The number of carbonyl (C=O) groups excluding carboxylic acids is 2. The maximum atomic E-state index is 12.4. The first-order chi connectivity index (χ1) is 7.36. The van der Waals surface area contributed by atoms with Crippen molar-refractivity contribution in [3.8, 4) is 0 Å². The van der Waals surface area contributed by atoms with Crippen molar-refractivity contribution in [3.05, 3.63) is 0 Å². The lowest BCUT2D eigenvalue weighted by atomic mass is 9.70. The van der Waals surface area contributed by atoms with Crippen LogP contribution >= 0.6 is 0 Å². The Hall–Kier alpha value is -0.660. The number of ketones is 2. The SMILES string of the molecule is CCCC(=O)C1C(=O)C2(C)CCC1C2(C)C. The van der Waals surface area contributed by atoms with Gasteiger partial charge in [-0.2, -0.15) is 0 Å². The van der Waals surface area contributed by atoms with E-state index in [2.05, 4.69) is 20.8 Å². The van der Waals surface area contributed by atoms with Gasteiger partial charge in [0, 0.05) is 11.8 Å². The second kappa shape index (κ2) is 3.41. The molecule has 90 valence electrons. The summed E-state index contributed by atoms with van der Waals surface area (Å²) in [6.07, 6.45) is 3.44. The van der Waals surface area contributed by atoms with Gasteiger partial charge in [-0.25, -0.2) is 0 Å². The first-order valence-electron chi connectivity index (χ1n) is 6.43. The molecule has 3 atom stereocenters. The number of carbonyl (C=O) groups is 2. The highest BCUT2D eigenvalue weighted by Crippen LogP contribution is 2.65. The van der Waals surface area contributed by atoms with Crippen molar-refractivity contribution >= 4 is 11.6 Å². The van der Waals surface area contributed by atoms with Crippen molar-refractivity contribution in [2.45, 2.75) is 53.4 Å². The fourth-order valence-corrected chi connectivity index (χ4v) is 3.86. The van der Waals surface area contributed by atoms with Crippen molar-refractivity contribution in [2.24, 2.45) is 22.7 Å². The molecule has 0 radical (unpaired) electrons. The van der Waals surface area contributed by atoms with E-state index in [0.29, 0.717) is 12.3 Å². The van der Waals surface area contributed by atoms with Crippen molar-refractivity contribution < 1.29 is 9.59 Å². The molecule has 0 aromatic carbocycles. The van der Waals surface area contributed by atoms with Gasteiger partial charge in [-0.3, -0.25) is 9.59 Å². The van der Waals surface area contributed by atoms with E-state index in [1.807, 2.05) is 6.92 Å². The predicted molar refractivity (Wildman–Crippen MR) is 63.0 cm³/mol. The number of rotatable bonds is 3. The fraction of sp³-hybridized carbons (Fsp3) is 0.857. The molecule has 2 aliphatic carbocycles. The lowest BCUT2D eigenvalue weighted by Gasteiger charge is -2.32. The van der Waals surface area contributed by atoms with Gasteiger partial charge < -0.3 is 0 Å². The van der Waals surface area contributed by atoms with Gasteiger partial charge in [0.15, 0.2) is 0 Å². The van der Waals surface area contributed by atoms with Gasteiger partial charge in [0.2, 0.25) is 0 Å². The molecule has 2 rings (SSSR count). The first kappa shape index (κ1) is 11.8. The Labute approximate surface area is 97.8 Å². The van der Waals surface area contributed by atoms with Crippen LogP contribution in [0.4, 0.5) is 0 Å². The van der Waals surface area contributed by atoms with Crippen LogP contribution < -0.4 is 0 Å². The molecule has 0 aromatic heterocycles. The molecular weight excluding hydrogens is 200 g/mol. The van der Waals surface area contributed by atoms with Crippen LogP contribution in [0.5, 0.6) is 0 Å². The van der Waals surface area contributed by atoms with Crippen LogP contribution in [0.3, 0.4) is 0 Å². The maximum absolute atomic E-state index is 12.4. The maximum Gasteiger partial charge on any atom is 0.150 e. The molecule has 2 heteroatoms. The molecule has 0 amide bonds. The molecule has 2 fully saturated rings. The van der Waals surface area contributed by atoms with Gasteiger partial charge >= 0.3 is 0 Å². The minimum atomic E-state index is -0.284. The van der Waals surface area contributed by atoms with Crippen LogP contribution in [-0.2, 0) is 9.59 Å². The number of fused-ring (bicyclic) bond motifs is 2. The zero-order chi connectivity index (χ0) is 12.1. The molecule has 2 bridgehead atoms. The summed E-state index contributed by atoms with van der Waals surface area (Å²) in [5.74, 6) is 0.430. The van der Waals surface area contributed by atoms with Crippen molar-refractivity contribution in [1.82, 2.24) is 0 Å². The average molecular weight is 222 g/mol. The minimum absolute atomic E-state index is 0.0121. The smallest absolute Gasteiger partial charge is 0.150 e. The summed E-state index contributed by atoms with van der Waals surface area (Å²) in [6, 6.07) is 0. The minimum Gasteiger partial charge on any atom is -0.299 e. The van der Waals surface area contributed by atoms with E-state index in [-0.39, 0.29) is 28.3 Å². The lowest BCUT2D eigenvalue weighted by molar-refractivity contribution is -0.138. The molecule has 2 aliphatic rings. The van der Waals surface area contributed by atoms with Crippen LogP contribution in [0.25, 0.3) is 0 Å². The molecule has 0 aliphatic heterocycles. The number of hydrogen-bond acceptors (Lipinski definition) is 2. The zero-order valence-electron chi connectivity index (χ0n) is 10.8. The van der Waals surface area contributed by atoms with E-state index in [0.717, 1.165) is 19.3 Å². The summed E-state index contributed by atoms with van der Waals surface area (Å²) in [5.41, 5.74) is -0.232. The van der Waals surface area contributed by atoms with Crippen LogP contribution in [0, 0.1) is 22.7 Å². The molecule has 16 heavy (non-hydrogen) atoms. The van der Waals surface area contributed by atoms with Crippen molar-refractivity contribution in [1.29, 1.82) is 0 Å². The standard InChI is InChI=1S/C14H22O2/c1-5-6-10(15)11-9-7-8-14(4,12(11)16)13(9,2)3/h9,11H,5-8H2,1-4H3.